The monoisotopic (exact) mass is 140 g/mol. The van der Waals surface area contributed by atoms with E-state index in [1.807, 2.05) is 0 Å². The Morgan fingerprint density at radius 1 is 1.40 bits per heavy atom. The predicted octanol–water partition coefficient (Wildman–Crippen LogP) is 3.61. The molecular formula is C10H20. The van der Waals surface area contributed by atoms with Crippen LogP contribution in [0, 0.1) is 11.3 Å². The summed E-state index contributed by atoms with van der Waals surface area (Å²) in [7, 11) is 0. The van der Waals surface area contributed by atoms with Crippen molar-refractivity contribution in [1.82, 2.24) is 0 Å². The van der Waals surface area contributed by atoms with Gasteiger partial charge in [0.2, 0.25) is 0 Å². The maximum Gasteiger partial charge on any atom is -0.0295 e. The molecule has 60 valence electrons. The first kappa shape index (κ1) is 8.10. The minimum atomic E-state index is 0.769. The van der Waals surface area contributed by atoms with Gasteiger partial charge in [-0.05, 0) is 24.2 Å². The lowest BCUT2D eigenvalue weighted by molar-refractivity contribution is 0.436. The maximum atomic E-state index is 2.46. The van der Waals surface area contributed by atoms with Crippen molar-refractivity contribution in [3.63, 3.8) is 0 Å². The fourth-order valence-electron chi connectivity index (χ4n) is 2.03. The van der Waals surface area contributed by atoms with Gasteiger partial charge in [-0.25, -0.2) is 0 Å². The van der Waals surface area contributed by atoms with Crippen LogP contribution in [-0.2, 0) is 0 Å². The Bertz CT molecular complexity index is 107. The van der Waals surface area contributed by atoms with E-state index in [1.165, 1.54) is 32.1 Å². The highest BCUT2D eigenvalue weighted by atomic mass is 14.5. The molecule has 0 heteroatoms. The number of rotatable bonds is 4. The topological polar surface area (TPSA) is 0 Å². The molecule has 1 fully saturated rings. The van der Waals surface area contributed by atoms with Crippen molar-refractivity contribution < 1.29 is 0 Å². The van der Waals surface area contributed by atoms with E-state index < -0.39 is 0 Å². The van der Waals surface area contributed by atoms with Gasteiger partial charge in [0.15, 0.2) is 0 Å². The predicted molar refractivity (Wildman–Crippen MR) is 46.0 cm³/mol. The molecule has 0 nitrogen and oxygen atoms in total. The van der Waals surface area contributed by atoms with Crippen molar-refractivity contribution in [3.8, 4) is 0 Å². The van der Waals surface area contributed by atoms with E-state index in [2.05, 4.69) is 20.8 Å². The zero-order valence-electron chi connectivity index (χ0n) is 7.61. The van der Waals surface area contributed by atoms with Crippen molar-refractivity contribution in [2.75, 3.05) is 0 Å². The molecule has 0 bridgehead atoms. The van der Waals surface area contributed by atoms with Crippen molar-refractivity contribution >= 4 is 0 Å². The summed E-state index contributed by atoms with van der Waals surface area (Å²) >= 11 is 0. The maximum absolute atomic E-state index is 2.46. The molecule has 0 aromatic rings. The molecule has 1 saturated carbocycles. The Morgan fingerprint density at radius 3 is 2.50 bits per heavy atom. The largest absolute Gasteiger partial charge is 0.0654 e. The lowest BCUT2D eigenvalue weighted by atomic mass is 9.98. The third-order valence-corrected chi connectivity index (χ3v) is 3.13. The second-order valence-corrected chi connectivity index (χ2v) is 4.07. The zero-order valence-corrected chi connectivity index (χ0v) is 7.61. The third-order valence-electron chi connectivity index (χ3n) is 3.13. The Balaban J connectivity index is 2.16. The van der Waals surface area contributed by atoms with Gasteiger partial charge < -0.3 is 0 Å². The van der Waals surface area contributed by atoms with Gasteiger partial charge in [0, 0.05) is 0 Å². The quantitative estimate of drug-likeness (QED) is 0.559. The molecule has 1 aliphatic rings. The molecule has 0 aromatic heterocycles. The standard InChI is InChI=1S/C10H20/c1-4-6-7-10(3)8-9(10)5-2/h9H,4-8H2,1-3H3. The zero-order chi connectivity index (χ0) is 7.61. The van der Waals surface area contributed by atoms with Crippen LogP contribution in [0.25, 0.3) is 0 Å². The molecular weight excluding hydrogens is 120 g/mol. The van der Waals surface area contributed by atoms with Crippen LogP contribution in [0.4, 0.5) is 0 Å². The molecule has 0 aromatic carbocycles. The summed E-state index contributed by atoms with van der Waals surface area (Å²) in [6, 6.07) is 0. The van der Waals surface area contributed by atoms with Crippen LogP contribution in [-0.4, -0.2) is 0 Å². The van der Waals surface area contributed by atoms with Crippen LogP contribution in [0.5, 0.6) is 0 Å². The van der Waals surface area contributed by atoms with Gasteiger partial charge in [0.05, 0.1) is 0 Å². The normalized spacial score (nSPS) is 38.1. The van der Waals surface area contributed by atoms with E-state index in [0.29, 0.717) is 0 Å². The molecule has 0 N–H and O–H groups in total. The minimum absolute atomic E-state index is 0.769. The first-order valence-corrected chi connectivity index (χ1v) is 4.73. The molecule has 0 spiro atoms. The summed E-state index contributed by atoms with van der Waals surface area (Å²) in [5.41, 5.74) is 0.769. The van der Waals surface area contributed by atoms with E-state index >= 15 is 0 Å². The van der Waals surface area contributed by atoms with E-state index in [4.69, 9.17) is 0 Å². The molecule has 0 heterocycles. The van der Waals surface area contributed by atoms with E-state index in [-0.39, 0.29) is 0 Å². The van der Waals surface area contributed by atoms with E-state index in [9.17, 15) is 0 Å². The fourth-order valence-corrected chi connectivity index (χ4v) is 2.03. The van der Waals surface area contributed by atoms with Crippen molar-refractivity contribution in [1.29, 1.82) is 0 Å². The molecule has 0 saturated heterocycles. The third kappa shape index (κ3) is 1.53. The molecule has 0 aliphatic heterocycles. The highest BCUT2D eigenvalue weighted by molar-refractivity contribution is 4.97. The Kier molecular flexibility index (Phi) is 2.38. The van der Waals surface area contributed by atoms with E-state index in [0.717, 1.165) is 11.3 Å². The highest BCUT2D eigenvalue weighted by Crippen LogP contribution is 2.57. The van der Waals surface area contributed by atoms with Crippen LogP contribution in [0.1, 0.15) is 52.9 Å². The van der Waals surface area contributed by atoms with Gasteiger partial charge in [-0.1, -0.05) is 40.0 Å². The summed E-state index contributed by atoms with van der Waals surface area (Å²) in [6.45, 7) is 7.06. The second-order valence-electron chi connectivity index (χ2n) is 4.07. The van der Waals surface area contributed by atoms with E-state index in [1.54, 1.807) is 0 Å². The fraction of sp³-hybridized carbons (Fsp3) is 1.00. The SMILES string of the molecule is CCCCC1(C)CC1CC. The first-order chi connectivity index (χ1) is 4.73. The molecule has 2 atom stereocenters. The Labute approximate surface area is 65.0 Å². The van der Waals surface area contributed by atoms with Crippen LogP contribution >= 0.6 is 0 Å². The molecule has 2 unspecified atom stereocenters. The van der Waals surface area contributed by atoms with Gasteiger partial charge in [0.1, 0.15) is 0 Å². The van der Waals surface area contributed by atoms with Crippen molar-refractivity contribution in [3.05, 3.63) is 0 Å². The minimum Gasteiger partial charge on any atom is -0.0654 e. The molecule has 0 amide bonds. The average Bonchev–Trinajstić information content (AvgIpc) is 2.59. The second kappa shape index (κ2) is 2.94. The molecule has 10 heavy (non-hydrogen) atoms. The summed E-state index contributed by atoms with van der Waals surface area (Å²) in [5.74, 6) is 1.07. The summed E-state index contributed by atoms with van der Waals surface area (Å²) in [5, 5.41) is 0. The summed E-state index contributed by atoms with van der Waals surface area (Å²) < 4.78 is 0. The van der Waals surface area contributed by atoms with Gasteiger partial charge in [-0.15, -0.1) is 0 Å². The van der Waals surface area contributed by atoms with Crippen molar-refractivity contribution in [2.45, 2.75) is 52.9 Å². The van der Waals surface area contributed by atoms with Crippen LogP contribution in [0.2, 0.25) is 0 Å². The highest BCUT2D eigenvalue weighted by Gasteiger charge is 2.47. The van der Waals surface area contributed by atoms with Gasteiger partial charge in [0.25, 0.3) is 0 Å². The average molecular weight is 140 g/mol. The first-order valence-electron chi connectivity index (χ1n) is 4.73. The van der Waals surface area contributed by atoms with Gasteiger partial charge in [-0.2, -0.15) is 0 Å². The number of unbranched alkanes of at least 4 members (excludes halogenated alkanes) is 1. The smallest absolute Gasteiger partial charge is 0.0295 e. The summed E-state index contributed by atoms with van der Waals surface area (Å²) in [6.07, 6.45) is 7.19. The lowest BCUT2D eigenvalue weighted by Gasteiger charge is -2.08. The Hall–Kier alpha value is 0. The Morgan fingerprint density at radius 2 is 2.10 bits per heavy atom. The molecule has 0 radical (unpaired) electrons. The molecule has 1 rings (SSSR count). The summed E-state index contributed by atoms with van der Waals surface area (Å²) in [4.78, 5) is 0. The van der Waals surface area contributed by atoms with Crippen LogP contribution < -0.4 is 0 Å². The van der Waals surface area contributed by atoms with Gasteiger partial charge in [-0.3, -0.25) is 0 Å². The van der Waals surface area contributed by atoms with Crippen LogP contribution in [0.15, 0.2) is 0 Å². The number of hydrogen-bond acceptors (Lipinski definition) is 0. The lowest BCUT2D eigenvalue weighted by Crippen LogP contribution is -1.96. The molecule has 1 aliphatic carbocycles. The van der Waals surface area contributed by atoms with Crippen molar-refractivity contribution in [2.24, 2.45) is 11.3 Å². The van der Waals surface area contributed by atoms with Gasteiger partial charge >= 0.3 is 0 Å². The number of hydrogen-bond donors (Lipinski definition) is 0. The van der Waals surface area contributed by atoms with Crippen LogP contribution in [0.3, 0.4) is 0 Å².